The summed E-state index contributed by atoms with van der Waals surface area (Å²) in [6.45, 7) is 10.6. The molecule has 36 heavy (non-hydrogen) atoms. The van der Waals surface area contributed by atoms with Crippen LogP contribution in [0.3, 0.4) is 0 Å². The Morgan fingerprint density at radius 1 is 1.28 bits per heavy atom. The number of nitrogens with one attached hydrogen (secondary N) is 2. The summed E-state index contributed by atoms with van der Waals surface area (Å²) in [5.74, 6) is 1.39. The second-order valence-electron chi connectivity index (χ2n) is 10.9. The van der Waals surface area contributed by atoms with Gasteiger partial charge in [0.2, 0.25) is 0 Å². The van der Waals surface area contributed by atoms with Crippen LogP contribution in [0.15, 0.2) is 24.5 Å². The third-order valence-corrected chi connectivity index (χ3v) is 9.23. The Bertz CT molecular complexity index is 1240. The zero-order valence-corrected chi connectivity index (χ0v) is 23.0. The second-order valence-corrected chi connectivity index (χ2v) is 12.1. The van der Waals surface area contributed by atoms with Crippen LogP contribution in [0, 0.1) is 5.92 Å². The summed E-state index contributed by atoms with van der Waals surface area (Å²) in [7, 11) is 1.99. The minimum absolute atomic E-state index is 0.0210. The van der Waals surface area contributed by atoms with Gasteiger partial charge in [-0.25, -0.2) is 0 Å². The van der Waals surface area contributed by atoms with Crippen molar-refractivity contribution in [1.82, 2.24) is 25.4 Å². The number of pyridine rings is 1. The number of fused-ring (bicyclic) bond motifs is 1. The first-order chi connectivity index (χ1) is 17.4. The predicted octanol–water partition coefficient (Wildman–Crippen LogP) is 5.23. The molecule has 0 spiro atoms. The quantitative estimate of drug-likeness (QED) is 0.481. The Kier molecular flexibility index (Phi) is 7.31. The van der Waals surface area contributed by atoms with E-state index < -0.39 is 0 Å². The molecule has 4 heterocycles. The lowest BCUT2D eigenvalue weighted by Crippen LogP contribution is -2.50. The molecule has 1 unspecified atom stereocenters. The van der Waals surface area contributed by atoms with Crippen molar-refractivity contribution < 1.29 is 4.79 Å². The molecule has 6 nitrogen and oxygen atoms in total. The fourth-order valence-electron chi connectivity index (χ4n) is 5.85. The van der Waals surface area contributed by atoms with E-state index in [1.807, 2.05) is 17.9 Å². The minimum atomic E-state index is 0.0210. The van der Waals surface area contributed by atoms with E-state index in [0.717, 1.165) is 54.9 Å². The van der Waals surface area contributed by atoms with E-state index >= 15 is 0 Å². The molecule has 3 atom stereocenters. The van der Waals surface area contributed by atoms with Gasteiger partial charge >= 0.3 is 0 Å². The van der Waals surface area contributed by atoms with Gasteiger partial charge in [-0.2, -0.15) is 5.10 Å². The van der Waals surface area contributed by atoms with E-state index in [2.05, 4.69) is 61.8 Å². The smallest absolute Gasteiger partial charge is 0.261 e. The van der Waals surface area contributed by atoms with E-state index in [1.54, 1.807) is 11.3 Å². The molecule has 2 N–H and O–H groups in total. The lowest BCUT2D eigenvalue weighted by Gasteiger charge is -2.33. The van der Waals surface area contributed by atoms with Crippen LogP contribution >= 0.6 is 11.3 Å². The normalized spacial score (nSPS) is 22.0. The second kappa shape index (κ2) is 10.5. The summed E-state index contributed by atoms with van der Waals surface area (Å²) in [4.78, 5) is 20.4. The first kappa shape index (κ1) is 25.2. The molecule has 0 bridgehead atoms. The van der Waals surface area contributed by atoms with Gasteiger partial charge < -0.3 is 10.6 Å². The third kappa shape index (κ3) is 4.88. The lowest BCUT2D eigenvalue weighted by atomic mass is 9.83. The summed E-state index contributed by atoms with van der Waals surface area (Å²) in [5.41, 5.74) is 7.44. The average Bonchev–Trinajstić information content (AvgIpc) is 3.47. The molecule has 1 aliphatic heterocycles. The molecule has 1 amide bonds. The Morgan fingerprint density at radius 2 is 2.11 bits per heavy atom. The van der Waals surface area contributed by atoms with Crippen LogP contribution in [-0.2, 0) is 26.3 Å². The van der Waals surface area contributed by atoms with Crippen molar-refractivity contribution >= 4 is 17.2 Å². The Hall–Kier alpha value is -2.51. The van der Waals surface area contributed by atoms with E-state index in [-0.39, 0.29) is 17.9 Å². The average molecular weight is 506 g/mol. The van der Waals surface area contributed by atoms with Crippen LogP contribution in [0.4, 0.5) is 0 Å². The molecule has 3 aromatic rings. The minimum Gasteiger partial charge on any atom is -0.347 e. The van der Waals surface area contributed by atoms with Gasteiger partial charge in [-0.15, -0.1) is 11.3 Å². The van der Waals surface area contributed by atoms with Crippen molar-refractivity contribution in [3.05, 3.63) is 56.7 Å². The number of hydrogen-bond acceptors (Lipinski definition) is 5. The van der Waals surface area contributed by atoms with Crippen LogP contribution in [-0.4, -0.2) is 39.8 Å². The van der Waals surface area contributed by atoms with E-state index in [1.165, 1.54) is 33.7 Å². The summed E-state index contributed by atoms with van der Waals surface area (Å²) in [6, 6.07) is 4.50. The fraction of sp³-hybridized carbons (Fsp3) is 0.552. The van der Waals surface area contributed by atoms with Crippen molar-refractivity contribution in [1.29, 1.82) is 0 Å². The van der Waals surface area contributed by atoms with Gasteiger partial charge in [0.15, 0.2) is 0 Å². The maximum Gasteiger partial charge on any atom is 0.261 e. The standard InChI is InChI=1S/C29H39N5OS/c1-6-26-22(28-23(17(2)3)15-32-34(28)5)13-27(36-26)29(35)33-25-16-30-10-9-21(25)20-12-19-8-7-18(4)11-24(19)31-14-20/h12-15,17-18,21,25,30H,6-11,16H2,1-5H3,(H,33,35)/t18?,21-,25+/m1/s1. The van der Waals surface area contributed by atoms with Crippen molar-refractivity contribution in [2.24, 2.45) is 13.0 Å². The van der Waals surface area contributed by atoms with E-state index in [4.69, 9.17) is 4.98 Å². The van der Waals surface area contributed by atoms with Gasteiger partial charge in [-0.3, -0.25) is 14.5 Å². The number of carbonyl (C=O) groups excluding carboxylic acids is 1. The zero-order valence-electron chi connectivity index (χ0n) is 22.2. The topological polar surface area (TPSA) is 71.8 Å². The van der Waals surface area contributed by atoms with Crippen LogP contribution in [0.5, 0.6) is 0 Å². The molecular formula is C29H39N5OS. The number of rotatable bonds is 6. The third-order valence-electron chi connectivity index (χ3n) is 7.95. The van der Waals surface area contributed by atoms with Crippen LogP contribution in [0.25, 0.3) is 11.3 Å². The number of aromatic nitrogens is 3. The zero-order chi connectivity index (χ0) is 25.4. The number of piperidine rings is 1. The number of amides is 1. The number of nitrogens with zero attached hydrogens (tertiary/aromatic N) is 3. The molecule has 0 saturated carbocycles. The Labute approximate surface area is 218 Å². The van der Waals surface area contributed by atoms with Gasteiger partial charge in [0.1, 0.15) is 0 Å². The van der Waals surface area contributed by atoms with Crippen LogP contribution in [0.1, 0.15) is 89.3 Å². The lowest BCUT2D eigenvalue weighted by molar-refractivity contribution is 0.0928. The highest BCUT2D eigenvalue weighted by Gasteiger charge is 2.30. The van der Waals surface area contributed by atoms with Crippen molar-refractivity contribution in [2.45, 2.75) is 77.7 Å². The molecule has 1 saturated heterocycles. The highest BCUT2D eigenvalue weighted by atomic mass is 32.1. The molecule has 2 aliphatic rings. The number of thiophene rings is 1. The number of aryl methyl sites for hydroxylation is 3. The Balaban J connectivity index is 1.39. The van der Waals surface area contributed by atoms with Gasteiger partial charge in [0.25, 0.3) is 5.91 Å². The molecule has 0 radical (unpaired) electrons. The van der Waals surface area contributed by atoms with E-state index in [0.29, 0.717) is 11.8 Å². The first-order valence-corrected chi connectivity index (χ1v) is 14.3. The maximum atomic E-state index is 13.5. The van der Waals surface area contributed by atoms with Gasteiger partial charge in [-0.1, -0.05) is 33.8 Å². The molecule has 0 aromatic carbocycles. The van der Waals surface area contributed by atoms with Crippen molar-refractivity contribution in [3.8, 4) is 11.3 Å². The highest BCUT2D eigenvalue weighted by Crippen LogP contribution is 2.37. The van der Waals surface area contributed by atoms with Crippen molar-refractivity contribution in [3.63, 3.8) is 0 Å². The molecule has 7 heteroatoms. The fourth-order valence-corrected chi connectivity index (χ4v) is 6.86. The SMILES string of the molecule is CCc1sc(C(=O)N[C@H]2CNCC[C@@H]2c2cnc3c(c2)CCC(C)C3)cc1-c1c(C(C)C)cnn1C. The molecule has 1 fully saturated rings. The monoisotopic (exact) mass is 505 g/mol. The summed E-state index contributed by atoms with van der Waals surface area (Å²) in [5, 5.41) is 11.4. The highest BCUT2D eigenvalue weighted by molar-refractivity contribution is 7.14. The molecule has 1 aliphatic carbocycles. The summed E-state index contributed by atoms with van der Waals surface area (Å²) >= 11 is 1.61. The van der Waals surface area contributed by atoms with Gasteiger partial charge in [0.05, 0.1) is 16.8 Å². The van der Waals surface area contributed by atoms with Crippen LogP contribution in [0.2, 0.25) is 0 Å². The summed E-state index contributed by atoms with van der Waals surface area (Å²) < 4.78 is 1.95. The molecule has 5 rings (SSSR count). The summed E-state index contributed by atoms with van der Waals surface area (Å²) in [6.07, 6.45) is 9.36. The predicted molar refractivity (Wildman–Crippen MR) is 147 cm³/mol. The van der Waals surface area contributed by atoms with Crippen LogP contribution < -0.4 is 10.6 Å². The van der Waals surface area contributed by atoms with E-state index in [9.17, 15) is 4.79 Å². The maximum absolute atomic E-state index is 13.5. The first-order valence-electron chi connectivity index (χ1n) is 13.5. The molecule has 3 aromatic heterocycles. The largest absolute Gasteiger partial charge is 0.347 e. The van der Waals surface area contributed by atoms with Gasteiger partial charge in [-0.05, 0) is 67.7 Å². The molecule has 192 valence electrons. The van der Waals surface area contributed by atoms with Gasteiger partial charge in [0, 0.05) is 53.4 Å². The molecular weight excluding hydrogens is 466 g/mol. The van der Waals surface area contributed by atoms with Crippen molar-refractivity contribution in [2.75, 3.05) is 13.1 Å². The number of carbonyl (C=O) groups is 1. The number of hydrogen-bond donors (Lipinski definition) is 2. The Morgan fingerprint density at radius 3 is 2.89 bits per heavy atom.